The van der Waals surface area contributed by atoms with Gasteiger partial charge in [0.1, 0.15) is 11.5 Å². The van der Waals surface area contributed by atoms with Crippen LogP contribution in [-0.4, -0.2) is 10.2 Å². The van der Waals surface area contributed by atoms with Gasteiger partial charge in [0, 0.05) is 5.92 Å². The van der Waals surface area contributed by atoms with Gasteiger partial charge in [0.05, 0.1) is 0 Å². The summed E-state index contributed by atoms with van der Waals surface area (Å²) in [6.07, 6.45) is 7.31. The number of hydrogen-bond acceptors (Lipinski definition) is 2. The maximum Gasteiger partial charge on any atom is 0.115 e. The minimum Gasteiger partial charge on any atom is -0.508 e. The highest BCUT2D eigenvalue weighted by Gasteiger charge is 2.24. The molecule has 2 aromatic carbocycles. The fraction of sp³-hybridized carbons (Fsp3) is 0.455. The molecule has 0 heterocycles. The fourth-order valence-electron chi connectivity index (χ4n) is 3.51. The number of benzene rings is 2. The van der Waals surface area contributed by atoms with Crippen LogP contribution in [0.3, 0.4) is 0 Å². The van der Waals surface area contributed by atoms with Gasteiger partial charge >= 0.3 is 0 Å². The van der Waals surface area contributed by atoms with Crippen LogP contribution < -0.4 is 0 Å². The van der Waals surface area contributed by atoms with E-state index < -0.39 is 0 Å². The minimum atomic E-state index is 0.307. The Bertz CT molecular complexity index is 533. The molecule has 0 atom stereocenters. The molecule has 0 unspecified atom stereocenters. The second-order valence-corrected chi connectivity index (χ2v) is 6.71. The highest BCUT2D eigenvalue weighted by Crippen LogP contribution is 2.38. The predicted molar refractivity (Wildman–Crippen MR) is 101 cm³/mol. The lowest BCUT2D eigenvalue weighted by Gasteiger charge is -2.28. The number of unbranched alkanes of at least 4 members (excludes halogenated alkanes) is 2. The summed E-state index contributed by atoms with van der Waals surface area (Å²) in [6.45, 7) is 4.49. The third kappa shape index (κ3) is 5.02. The van der Waals surface area contributed by atoms with Crippen LogP contribution in [0.4, 0.5) is 0 Å². The average Bonchev–Trinajstić information content (AvgIpc) is 2.60. The van der Waals surface area contributed by atoms with Crippen molar-refractivity contribution >= 4 is 0 Å². The molecule has 0 aromatic heterocycles. The number of aromatic hydroxyl groups is 2. The lowest BCUT2D eigenvalue weighted by Crippen LogP contribution is -2.15. The van der Waals surface area contributed by atoms with Crippen molar-refractivity contribution in [2.45, 2.75) is 58.3 Å². The Balaban J connectivity index is 2.38. The molecule has 0 spiro atoms. The minimum absolute atomic E-state index is 0.307. The summed E-state index contributed by atoms with van der Waals surface area (Å²) in [5, 5.41) is 19.3. The van der Waals surface area contributed by atoms with Gasteiger partial charge in [-0.05, 0) is 54.2 Å². The first-order valence-corrected chi connectivity index (χ1v) is 9.23. The van der Waals surface area contributed by atoms with Crippen molar-refractivity contribution in [2.24, 2.45) is 5.92 Å². The first-order valence-electron chi connectivity index (χ1n) is 9.23. The van der Waals surface area contributed by atoms with Gasteiger partial charge in [-0.25, -0.2) is 0 Å². The van der Waals surface area contributed by atoms with E-state index in [1.54, 1.807) is 24.3 Å². The topological polar surface area (TPSA) is 40.5 Å². The first-order chi connectivity index (χ1) is 11.7. The summed E-state index contributed by atoms with van der Waals surface area (Å²) in [6, 6.07) is 15.3. The van der Waals surface area contributed by atoms with E-state index in [2.05, 4.69) is 13.8 Å². The van der Waals surface area contributed by atoms with Crippen LogP contribution in [0, 0.1) is 5.92 Å². The quantitative estimate of drug-likeness (QED) is 0.573. The van der Waals surface area contributed by atoms with Gasteiger partial charge in [-0.1, -0.05) is 63.8 Å². The molecule has 0 bridgehead atoms. The Morgan fingerprint density at radius 2 is 1.04 bits per heavy atom. The normalized spacial score (nSPS) is 11.3. The first kappa shape index (κ1) is 18.4. The molecule has 0 radical (unpaired) electrons. The predicted octanol–water partition coefficient (Wildman–Crippen LogP) is 6.23. The smallest absolute Gasteiger partial charge is 0.115 e. The molecule has 24 heavy (non-hydrogen) atoms. The molecule has 0 saturated heterocycles. The van der Waals surface area contributed by atoms with Gasteiger partial charge in [0.25, 0.3) is 0 Å². The van der Waals surface area contributed by atoms with Crippen LogP contribution in [0.25, 0.3) is 0 Å². The summed E-state index contributed by atoms with van der Waals surface area (Å²) >= 11 is 0. The summed E-state index contributed by atoms with van der Waals surface area (Å²) in [7, 11) is 0. The van der Waals surface area contributed by atoms with Crippen molar-refractivity contribution < 1.29 is 10.2 Å². The van der Waals surface area contributed by atoms with E-state index in [9.17, 15) is 10.2 Å². The van der Waals surface area contributed by atoms with Gasteiger partial charge in [0.2, 0.25) is 0 Å². The van der Waals surface area contributed by atoms with Crippen molar-refractivity contribution in [3.05, 3.63) is 59.7 Å². The molecule has 2 aromatic rings. The lowest BCUT2D eigenvalue weighted by molar-refractivity contribution is 0.379. The van der Waals surface area contributed by atoms with Crippen LogP contribution in [-0.2, 0) is 0 Å². The standard InChI is InChI=1S/C22H30O2/c1-3-5-7-17(8-6-4-2)22(18-9-13-20(23)14-10-18)19-11-15-21(24)16-12-19/h9-17,22-24H,3-8H2,1-2H3. The van der Waals surface area contributed by atoms with E-state index in [1.165, 1.54) is 49.7 Å². The second kappa shape index (κ2) is 9.36. The van der Waals surface area contributed by atoms with Crippen LogP contribution in [0.2, 0.25) is 0 Å². The zero-order valence-electron chi connectivity index (χ0n) is 14.9. The Labute approximate surface area is 146 Å². The Morgan fingerprint density at radius 1 is 0.667 bits per heavy atom. The Hall–Kier alpha value is -1.96. The zero-order chi connectivity index (χ0) is 17.4. The summed E-state index contributed by atoms with van der Waals surface area (Å²) < 4.78 is 0. The van der Waals surface area contributed by atoms with Crippen LogP contribution in [0.1, 0.15) is 69.4 Å². The molecule has 2 N–H and O–H groups in total. The van der Waals surface area contributed by atoms with E-state index in [4.69, 9.17) is 0 Å². The Morgan fingerprint density at radius 3 is 1.38 bits per heavy atom. The zero-order valence-corrected chi connectivity index (χ0v) is 14.9. The molecule has 2 rings (SSSR count). The van der Waals surface area contributed by atoms with Crippen LogP contribution in [0.15, 0.2) is 48.5 Å². The molecule has 0 aliphatic carbocycles. The van der Waals surface area contributed by atoms with Crippen molar-refractivity contribution in [1.82, 2.24) is 0 Å². The lowest BCUT2D eigenvalue weighted by atomic mass is 9.76. The van der Waals surface area contributed by atoms with Crippen LogP contribution in [0.5, 0.6) is 11.5 Å². The summed E-state index contributed by atoms with van der Waals surface area (Å²) in [5.74, 6) is 1.51. The maximum atomic E-state index is 9.63. The van der Waals surface area contributed by atoms with Gasteiger partial charge in [-0.3, -0.25) is 0 Å². The third-order valence-corrected chi connectivity index (χ3v) is 4.83. The molecule has 2 nitrogen and oxygen atoms in total. The maximum absolute atomic E-state index is 9.63. The van der Waals surface area contributed by atoms with Gasteiger partial charge in [-0.15, -0.1) is 0 Å². The van der Waals surface area contributed by atoms with E-state index >= 15 is 0 Å². The fourth-order valence-corrected chi connectivity index (χ4v) is 3.51. The van der Waals surface area contributed by atoms with E-state index in [0.29, 0.717) is 23.3 Å². The average molecular weight is 326 g/mol. The highest BCUT2D eigenvalue weighted by molar-refractivity contribution is 5.38. The molecular weight excluding hydrogens is 296 g/mol. The highest BCUT2D eigenvalue weighted by atomic mass is 16.3. The van der Waals surface area contributed by atoms with Crippen LogP contribution >= 0.6 is 0 Å². The molecular formula is C22H30O2. The SMILES string of the molecule is CCCCC(CCCC)C(c1ccc(O)cc1)c1ccc(O)cc1. The third-order valence-electron chi connectivity index (χ3n) is 4.83. The van der Waals surface area contributed by atoms with Crippen molar-refractivity contribution in [1.29, 1.82) is 0 Å². The monoisotopic (exact) mass is 326 g/mol. The van der Waals surface area contributed by atoms with E-state index in [-0.39, 0.29) is 0 Å². The molecule has 0 aliphatic rings. The second-order valence-electron chi connectivity index (χ2n) is 6.71. The number of phenols is 2. The summed E-state index contributed by atoms with van der Waals surface area (Å²) in [4.78, 5) is 0. The van der Waals surface area contributed by atoms with Crippen molar-refractivity contribution in [3.63, 3.8) is 0 Å². The van der Waals surface area contributed by atoms with Crippen molar-refractivity contribution in [3.8, 4) is 11.5 Å². The van der Waals surface area contributed by atoms with E-state index in [0.717, 1.165) is 0 Å². The Kier molecular flexibility index (Phi) is 7.17. The van der Waals surface area contributed by atoms with E-state index in [1.807, 2.05) is 24.3 Å². The van der Waals surface area contributed by atoms with Crippen molar-refractivity contribution in [2.75, 3.05) is 0 Å². The van der Waals surface area contributed by atoms with Gasteiger partial charge in [0.15, 0.2) is 0 Å². The number of hydrogen-bond donors (Lipinski definition) is 2. The molecule has 0 saturated carbocycles. The number of phenolic OH excluding ortho intramolecular Hbond substituents is 2. The summed E-state index contributed by atoms with van der Waals surface area (Å²) in [5.41, 5.74) is 2.49. The molecule has 2 heteroatoms. The largest absolute Gasteiger partial charge is 0.508 e. The molecule has 0 amide bonds. The number of rotatable bonds is 9. The molecule has 0 aliphatic heterocycles. The molecule has 0 fully saturated rings. The molecule has 130 valence electrons. The van der Waals surface area contributed by atoms with Gasteiger partial charge in [-0.2, -0.15) is 0 Å². The van der Waals surface area contributed by atoms with Gasteiger partial charge < -0.3 is 10.2 Å².